The number of rotatable bonds is 4. The molecule has 20 heavy (non-hydrogen) atoms. The van der Waals surface area contributed by atoms with Crippen LogP contribution >= 0.6 is 15.9 Å². The third kappa shape index (κ3) is 3.60. The molecule has 0 radical (unpaired) electrons. The number of aliphatic carboxylic acids is 1. The van der Waals surface area contributed by atoms with Crippen LogP contribution in [0.3, 0.4) is 0 Å². The van der Waals surface area contributed by atoms with Gasteiger partial charge in [0.1, 0.15) is 11.6 Å². The summed E-state index contributed by atoms with van der Waals surface area (Å²) < 4.78 is 14.6. The predicted octanol–water partition coefficient (Wildman–Crippen LogP) is 3.37. The van der Waals surface area contributed by atoms with Crippen molar-refractivity contribution in [1.29, 1.82) is 0 Å². The molecule has 0 spiro atoms. The highest BCUT2D eigenvalue weighted by Crippen LogP contribution is 2.25. The van der Waals surface area contributed by atoms with Gasteiger partial charge < -0.3 is 5.11 Å². The van der Waals surface area contributed by atoms with Crippen molar-refractivity contribution in [2.45, 2.75) is 19.8 Å². The summed E-state index contributed by atoms with van der Waals surface area (Å²) in [6.07, 6.45) is 0.170. The predicted molar refractivity (Wildman–Crippen MR) is 75.8 cm³/mol. The molecule has 0 aliphatic heterocycles. The van der Waals surface area contributed by atoms with Crippen molar-refractivity contribution in [3.05, 3.63) is 46.1 Å². The van der Waals surface area contributed by atoms with Crippen LogP contribution in [0, 0.1) is 12.7 Å². The Labute approximate surface area is 123 Å². The second-order valence-corrected chi connectivity index (χ2v) is 5.24. The minimum Gasteiger partial charge on any atom is -0.481 e. The van der Waals surface area contributed by atoms with E-state index in [2.05, 4.69) is 25.9 Å². The van der Waals surface area contributed by atoms with Crippen LogP contribution in [0.1, 0.15) is 17.9 Å². The molecule has 0 aliphatic carbocycles. The third-order valence-electron chi connectivity index (χ3n) is 2.67. The average Bonchev–Trinajstić information content (AvgIpc) is 2.38. The molecule has 1 aromatic carbocycles. The van der Waals surface area contributed by atoms with Gasteiger partial charge in [0, 0.05) is 22.2 Å². The quantitative estimate of drug-likeness (QED) is 0.928. The van der Waals surface area contributed by atoms with Gasteiger partial charge in [0.25, 0.3) is 0 Å². The van der Waals surface area contributed by atoms with Crippen LogP contribution in [-0.2, 0) is 11.2 Å². The van der Waals surface area contributed by atoms with Gasteiger partial charge in [-0.1, -0.05) is 15.9 Å². The molecule has 0 fully saturated rings. The summed E-state index contributed by atoms with van der Waals surface area (Å²) >= 11 is 3.29. The zero-order chi connectivity index (χ0) is 14.7. The molecule has 0 saturated heterocycles. The summed E-state index contributed by atoms with van der Waals surface area (Å²) in [4.78, 5) is 19.0. The van der Waals surface area contributed by atoms with Crippen LogP contribution in [0.2, 0.25) is 0 Å². The van der Waals surface area contributed by atoms with Gasteiger partial charge in [0.2, 0.25) is 0 Å². The molecular formula is C14H12BrFN2O2. The maximum atomic E-state index is 13.9. The largest absolute Gasteiger partial charge is 0.481 e. The van der Waals surface area contributed by atoms with Gasteiger partial charge in [-0.15, -0.1) is 0 Å². The molecule has 6 heteroatoms. The molecule has 0 saturated carbocycles. The van der Waals surface area contributed by atoms with Gasteiger partial charge in [-0.2, -0.15) is 0 Å². The van der Waals surface area contributed by atoms with E-state index in [0.29, 0.717) is 22.8 Å². The van der Waals surface area contributed by atoms with Gasteiger partial charge in [-0.25, -0.2) is 14.4 Å². The van der Waals surface area contributed by atoms with Gasteiger partial charge in [0.15, 0.2) is 0 Å². The van der Waals surface area contributed by atoms with Crippen molar-refractivity contribution in [2.75, 3.05) is 0 Å². The summed E-state index contributed by atoms with van der Waals surface area (Å²) in [5, 5.41) is 8.69. The molecule has 104 valence electrons. The first-order chi connectivity index (χ1) is 9.45. The number of aromatic nitrogens is 2. The molecule has 0 atom stereocenters. The summed E-state index contributed by atoms with van der Waals surface area (Å²) in [6, 6.07) is 6.28. The summed E-state index contributed by atoms with van der Waals surface area (Å²) in [5.41, 5.74) is 1.49. The lowest BCUT2D eigenvalue weighted by Crippen LogP contribution is -2.04. The molecule has 4 nitrogen and oxygen atoms in total. The van der Waals surface area contributed by atoms with E-state index in [1.807, 2.05) is 0 Å². The number of carboxylic acid groups (broad SMARTS) is 1. The smallest absolute Gasteiger partial charge is 0.303 e. The minimum atomic E-state index is -0.912. The fourth-order valence-electron chi connectivity index (χ4n) is 1.79. The van der Waals surface area contributed by atoms with E-state index in [-0.39, 0.29) is 18.7 Å². The van der Waals surface area contributed by atoms with Crippen LogP contribution in [0.4, 0.5) is 4.39 Å². The molecule has 1 heterocycles. The monoisotopic (exact) mass is 338 g/mol. The Morgan fingerprint density at radius 1 is 1.35 bits per heavy atom. The van der Waals surface area contributed by atoms with E-state index in [1.165, 1.54) is 6.07 Å². The highest BCUT2D eigenvalue weighted by atomic mass is 79.9. The van der Waals surface area contributed by atoms with Crippen LogP contribution in [-0.4, -0.2) is 21.0 Å². The number of halogens is 2. The second-order valence-electron chi connectivity index (χ2n) is 4.33. The Kier molecular flexibility index (Phi) is 4.44. The molecule has 0 bridgehead atoms. The van der Waals surface area contributed by atoms with Crippen molar-refractivity contribution >= 4 is 21.9 Å². The molecular weight excluding hydrogens is 327 g/mol. The van der Waals surface area contributed by atoms with E-state index >= 15 is 0 Å². The molecule has 0 unspecified atom stereocenters. The zero-order valence-electron chi connectivity index (χ0n) is 10.7. The van der Waals surface area contributed by atoms with Gasteiger partial charge in [-0.3, -0.25) is 4.79 Å². The normalized spacial score (nSPS) is 10.6. The minimum absolute atomic E-state index is 0.0517. The van der Waals surface area contributed by atoms with Crippen LogP contribution in [0.25, 0.3) is 11.3 Å². The summed E-state index contributed by atoms with van der Waals surface area (Å²) in [7, 11) is 0. The molecule has 1 aromatic heterocycles. The molecule has 2 aromatic rings. The Morgan fingerprint density at radius 2 is 2.10 bits per heavy atom. The fourth-order valence-corrected chi connectivity index (χ4v) is 2.15. The first-order valence-corrected chi connectivity index (χ1v) is 6.77. The highest BCUT2D eigenvalue weighted by molar-refractivity contribution is 9.10. The average molecular weight is 339 g/mol. The topological polar surface area (TPSA) is 63.1 Å². The van der Waals surface area contributed by atoms with Gasteiger partial charge >= 0.3 is 5.97 Å². The fraction of sp³-hybridized carbons (Fsp3) is 0.214. The maximum absolute atomic E-state index is 13.9. The Morgan fingerprint density at radius 3 is 2.80 bits per heavy atom. The standard InChI is InChI=1S/C14H12BrFN2O2/c1-8-6-12(10-7-9(15)2-3-11(10)16)18-13(17-8)4-5-14(19)20/h2-3,6-7H,4-5H2,1H3,(H,19,20). The van der Waals surface area contributed by atoms with E-state index in [4.69, 9.17) is 5.11 Å². The summed E-state index contributed by atoms with van der Waals surface area (Å²) in [5.74, 6) is -0.887. The number of hydrogen-bond donors (Lipinski definition) is 1. The van der Waals surface area contributed by atoms with E-state index in [0.717, 1.165) is 4.47 Å². The molecule has 2 rings (SSSR count). The van der Waals surface area contributed by atoms with E-state index in [9.17, 15) is 9.18 Å². The van der Waals surface area contributed by atoms with E-state index in [1.54, 1.807) is 25.1 Å². The number of aryl methyl sites for hydroxylation is 2. The van der Waals surface area contributed by atoms with Crippen molar-refractivity contribution in [3.63, 3.8) is 0 Å². The lowest BCUT2D eigenvalue weighted by molar-refractivity contribution is -0.137. The lowest BCUT2D eigenvalue weighted by atomic mass is 10.1. The van der Waals surface area contributed by atoms with Crippen molar-refractivity contribution in [3.8, 4) is 11.3 Å². The second kappa shape index (κ2) is 6.09. The summed E-state index contributed by atoms with van der Waals surface area (Å²) in [6.45, 7) is 1.77. The number of benzene rings is 1. The first-order valence-electron chi connectivity index (χ1n) is 5.97. The Balaban J connectivity index is 2.41. The lowest BCUT2D eigenvalue weighted by Gasteiger charge is -2.07. The Bertz CT molecular complexity index is 662. The van der Waals surface area contributed by atoms with Crippen LogP contribution < -0.4 is 0 Å². The zero-order valence-corrected chi connectivity index (χ0v) is 12.3. The van der Waals surface area contributed by atoms with Crippen LogP contribution in [0.5, 0.6) is 0 Å². The Hall–Kier alpha value is -1.82. The van der Waals surface area contributed by atoms with Gasteiger partial charge in [-0.05, 0) is 31.2 Å². The SMILES string of the molecule is Cc1cc(-c2cc(Br)ccc2F)nc(CCC(=O)O)n1. The highest BCUT2D eigenvalue weighted by Gasteiger charge is 2.11. The number of hydrogen-bond acceptors (Lipinski definition) is 3. The van der Waals surface area contributed by atoms with Crippen LogP contribution in [0.15, 0.2) is 28.7 Å². The molecule has 0 aliphatic rings. The van der Waals surface area contributed by atoms with Crippen molar-refractivity contribution in [1.82, 2.24) is 9.97 Å². The first kappa shape index (κ1) is 14.6. The van der Waals surface area contributed by atoms with Crippen molar-refractivity contribution in [2.24, 2.45) is 0 Å². The van der Waals surface area contributed by atoms with Crippen molar-refractivity contribution < 1.29 is 14.3 Å². The number of carbonyl (C=O) groups is 1. The van der Waals surface area contributed by atoms with E-state index < -0.39 is 5.97 Å². The number of nitrogens with zero attached hydrogens (tertiary/aromatic N) is 2. The third-order valence-corrected chi connectivity index (χ3v) is 3.16. The number of carboxylic acids is 1. The molecule has 0 amide bonds. The maximum Gasteiger partial charge on any atom is 0.303 e. The molecule has 1 N–H and O–H groups in total. The van der Waals surface area contributed by atoms with Gasteiger partial charge in [0.05, 0.1) is 12.1 Å².